The van der Waals surface area contributed by atoms with E-state index in [0.29, 0.717) is 11.1 Å². The van der Waals surface area contributed by atoms with Crippen molar-refractivity contribution in [2.45, 2.75) is 39.3 Å². The maximum atomic E-state index is 13.2. The number of nitrogens with one attached hydrogen (secondary N) is 3. The Morgan fingerprint density at radius 1 is 0.950 bits per heavy atom. The lowest BCUT2D eigenvalue weighted by molar-refractivity contribution is -0.137. The Morgan fingerprint density at radius 2 is 1.60 bits per heavy atom. The standard InChI is InChI=1S/C30H33N3O7/c1-17(2)26(27(36)25-18(3)28(37)33-29(25)38)32-24(35)16-22(20-11-13-21(14-12-20)30(39)40-4)31-23(34)15-10-19-8-6-5-7-9-19/h5-15,17-18,22,25-26H,16H2,1-4H3,(H,31,34)(H,32,35)(H,33,37,38)/b15-10+/t18-,22?,25+,26-/m0/s1. The van der Waals surface area contributed by atoms with Crippen LogP contribution >= 0.6 is 0 Å². The summed E-state index contributed by atoms with van der Waals surface area (Å²) < 4.78 is 4.73. The lowest BCUT2D eigenvalue weighted by Crippen LogP contribution is -2.49. The van der Waals surface area contributed by atoms with Crippen molar-refractivity contribution in [3.8, 4) is 0 Å². The lowest BCUT2D eigenvalue weighted by Gasteiger charge is -2.26. The molecule has 10 nitrogen and oxygen atoms in total. The van der Waals surface area contributed by atoms with E-state index in [1.165, 1.54) is 32.2 Å². The van der Waals surface area contributed by atoms with Crippen LogP contribution < -0.4 is 16.0 Å². The number of hydrogen-bond acceptors (Lipinski definition) is 7. The van der Waals surface area contributed by atoms with Gasteiger partial charge in [-0.05, 0) is 35.3 Å². The molecule has 1 unspecified atom stereocenters. The SMILES string of the molecule is COC(=O)c1ccc(C(CC(=O)N[C@H](C(=O)[C@@H]2C(=O)NC(=O)[C@H]2C)C(C)C)NC(=O)/C=C/c2ccccc2)cc1. The van der Waals surface area contributed by atoms with Crippen LogP contribution in [0.1, 0.15) is 54.7 Å². The zero-order chi connectivity index (χ0) is 29.4. The largest absolute Gasteiger partial charge is 0.465 e. The first-order valence-electron chi connectivity index (χ1n) is 12.9. The average Bonchev–Trinajstić information content (AvgIpc) is 3.20. The van der Waals surface area contributed by atoms with Crippen LogP contribution in [-0.2, 0) is 28.7 Å². The van der Waals surface area contributed by atoms with Crippen LogP contribution in [0.15, 0.2) is 60.7 Å². The zero-order valence-electron chi connectivity index (χ0n) is 22.8. The molecule has 0 spiro atoms. The molecule has 40 heavy (non-hydrogen) atoms. The van der Waals surface area contributed by atoms with E-state index in [-0.39, 0.29) is 12.3 Å². The van der Waals surface area contributed by atoms with Crippen molar-refractivity contribution in [1.82, 2.24) is 16.0 Å². The van der Waals surface area contributed by atoms with Crippen LogP contribution in [0, 0.1) is 17.8 Å². The molecule has 1 heterocycles. The Balaban J connectivity index is 1.79. The van der Waals surface area contributed by atoms with Crippen LogP contribution in [0.4, 0.5) is 0 Å². The van der Waals surface area contributed by atoms with E-state index in [0.717, 1.165) is 5.56 Å². The van der Waals surface area contributed by atoms with Gasteiger partial charge in [-0.3, -0.25) is 29.3 Å². The minimum Gasteiger partial charge on any atom is -0.465 e. The number of carbonyl (C=O) groups excluding carboxylic acids is 6. The summed E-state index contributed by atoms with van der Waals surface area (Å²) in [7, 11) is 1.26. The molecule has 2 aromatic rings. The smallest absolute Gasteiger partial charge is 0.337 e. The quantitative estimate of drug-likeness (QED) is 0.169. The highest BCUT2D eigenvalue weighted by atomic mass is 16.5. The van der Waals surface area contributed by atoms with E-state index in [2.05, 4.69) is 16.0 Å². The predicted octanol–water partition coefficient (Wildman–Crippen LogP) is 2.35. The summed E-state index contributed by atoms with van der Waals surface area (Å²) in [4.78, 5) is 75.2. The van der Waals surface area contributed by atoms with Gasteiger partial charge in [0.15, 0.2) is 5.78 Å². The van der Waals surface area contributed by atoms with Gasteiger partial charge in [-0.15, -0.1) is 0 Å². The zero-order valence-corrected chi connectivity index (χ0v) is 22.8. The molecular formula is C30H33N3O7. The van der Waals surface area contributed by atoms with E-state index in [1.807, 2.05) is 30.3 Å². The van der Waals surface area contributed by atoms with Crippen molar-refractivity contribution >= 4 is 41.5 Å². The molecule has 0 bridgehead atoms. The first-order valence-corrected chi connectivity index (χ1v) is 12.9. The molecule has 0 radical (unpaired) electrons. The molecule has 1 aliphatic rings. The van der Waals surface area contributed by atoms with E-state index in [4.69, 9.17) is 4.74 Å². The van der Waals surface area contributed by atoms with E-state index >= 15 is 0 Å². The molecule has 1 aliphatic heterocycles. The fourth-order valence-electron chi connectivity index (χ4n) is 4.42. The van der Waals surface area contributed by atoms with Crippen molar-refractivity contribution < 1.29 is 33.5 Å². The van der Waals surface area contributed by atoms with Gasteiger partial charge >= 0.3 is 5.97 Å². The summed E-state index contributed by atoms with van der Waals surface area (Å²) in [5.41, 5.74) is 1.66. The van der Waals surface area contributed by atoms with E-state index < -0.39 is 59.3 Å². The summed E-state index contributed by atoms with van der Waals surface area (Å²) in [6.45, 7) is 4.94. The molecule has 0 saturated carbocycles. The Hall–Kier alpha value is -4.60. The second-order valence-electron chi connectivity index (χ2n) is 9.93. The van der Waals surface area contributed by atoms with Crippen molar-refractivity contribution in [3.63, 3.8) is 0 Å². The molecule has 1 fully saturated rings. The number of benzene rings is 2. The van der Waals surface area contributed by atoms with Crippen LogP contribution in [0.3, 0.4) is 0 Å². The number of hydrogen-bond donors (Lipinski definition) is 3. The van der Waals surface area contributed by atoms with Gasteiger partial charge < -0.3 is 15.4 Å². The second-order valence-corrected chi connectivity index (χ2v) is 9.93. The van der Waals surface area contributed by atoms with Gasteiger partial charge in [-0.2, -0.15) is 0 Å². The highest BCUT2D eigenvalue weighted by Gasteiger charge is 2.46. The molecule has 0 aromatic heterocycles. The monoisotopic (exact) mass is 547 g/mol. The maximum absolute atomic E-state index is 13.2. The van der Waals surface area contributed by atoms with Crippen LogP contribution in [0.2, 0.25) is 0 Å². The van der Waals surface area contributed by atoms with Gasteiger partial charge in [0.2, 0.25) is 23.6 Å². The molecule has 4 amide bonds. The van der Waals surface area contributed by atoms with Gasteiger partial charge in [0, 0.05) is 6.08 Å². The Morgan fingerprint density at radius 3 is 2.15 bits per heavy atom. The third kappa shape index (κ3) is 7.49. The highest BCUT2D eigenvalue weighted by molar-refractivity contribution is 6.16. The molecule has 3 rings (SSSR count). The summed E-state index contributed by atoms with van der Waals surface area (Å²) in [6.07, 6.45) is 2.75. The minimum atomic E-state index is -1.19. The number of esters is 1. The first kappa shape index (κ1) is 29.9. The maximum Gasteiger partial charge on any atom is 0.337 e. The van der Waals surface area contributed by atoms with Gasteiger partial charge in [0.25, 0.3) is 0 Å². The summed E-state index contributed by atoms with van der Waals surface area (Å²) in [5.74, 6) is -5.68. The van der Waals surface area contributed by atoms with Crippen LogP contribution in [-0.4, -0.2) is 48.5 Å². The molecule has 10 heteroatoms. The second kappa shape index (κ2) is 13.5. The van der Waals surface area contributed by atoms with Crippen LogP contribution in [0.25, 0.3) is 6.08 Å². The van der Waals surface area contributed by atoms with Gasteiger partial charge in [0.1, 0.15) is 5.92 Å². The van der Waals surface area contributed by atoms with E-state index in [9.17, 15) is 28.8 Å². The number of amides is 4. The number of methoxy groups -OCH3 is 1. The van der Waals surface area contributed by atoms with Crippen molar-refractivity contribution in [1.29, 1.82) is 0 Å². The Bertz CT molecular complexity index is 1300. The first-order chi connectivity index (χ1) is 19.0. The molecule has 1 saturated heterocycles. The molecule has 210 valence electrons. The van der Waals surface area contributed by atoms with Crippen molar-refractivity contribution in [2.24, 2.45) is 17.8 Å². The molecular weight excluding hydrogens is 514 g/mol. The number of ether oxygens (including phenoxy) is 1. The van der Waals surface area contributed by atoms with Crippen molar-refractivity contribution in [3.05, 3.63) is 77.4 Å². The van der Waals surface area contributed by atoms with Gasteiger partial charge in [-0.1, -0.05) is 63.2 Å². The molecule has 3 N–H and O–H groups in total. The third-order valence-electron chi connectivity index (χ3n) is 6.71. The number of rotatable bonds is 11. The van der Waals surface area contributed by atoms with Gasteiger partial charge in [-0.25, -0.2) is 4.79 Å². The average molecular weight is 548 g/mol. The lowest BCUT2D eigenvalue weighted by atomic mass is 9.85. The third-order valence-corrected chi connectivity index (χ3v) is 6.71. The summed E-state index contributed by atoms with van der Waals surface area (Å²) in [6, 6.07) is 13.6. The number of Topliss-reactive ketones (excluding diaryl/α,β-unsaturated/α-hetero) is 1. The number of carbonyl (C=O) groups is 6. The highest BCUT2D eigenvalue weighted by Crippen LogP contribution is 2.24. The van der Waals surface area contributed by atoms with E-state index in [1.54, 1.807) is 32.1 Å². The van der Waals surface area contributed by atoms with Crippen LogP contribution in [0.5, 0.6) is 0 Å². The van der Waals surface area contributed by atoms with Gasteiger partial charge in [0.05, 0.1) is 37.1 Å². The number of imide groups is 1. The fraction of sp³-hybridized carbons (Fsp3) is 0.333. The fourth-order valence-corrected chi connectivity index (χ4v) is 4.42. The molecule has 2 aromatic carbocycles. The van der Waals surface area contributed by atoms with Crippen molar-refractivity contribution in [2.75, 3.05) is 7.11 Å². The number of ketones is 1. The Labute approximate surface area is 232 Å². The summed E-state index contributed by atoms with van der Waals surface area (Å²) in [5, 5.41) is 7.67. The topological polar surface area (TPSA) is 148 Å². The Kier molecular flexibility index (Phi) is 10.1. The normalized spacial score (nSPS) is 18.2. The molecule has 4 atom stereocenters. The minimum absolute atomic E-state index is 0.232. The molecule has 0 aliphatic carbocycles. The summed E-state index contributed by atoms with van der Waals surface area (Å²) >= 11 is 0. The predicted molar refractivity (Wildman–Crippen MR) is 146 cm³/mol.